The molecule has 0 aromatic rings. The van der Waals surface area contributed by atoms with Gasteiger partial charge in [0.2, 0.25) is 17.2 Å². The van der Waals surface area contributed by atoms with Crippen LogP contribution in [0.4, 0.5) is 0 Å². The van der Waals surface area contributed by atoms with Crippen molar-refractivity contribution in [2.24, 2.45) is 0 Å². The molecule has 0 aromatic carbocycles. The molecule has 1 saturated heterocycles. The van der Waals surface area contributed by atoms with E-state index in [2.05, 4.69) is 15.9 Å². The third kappa shape index (κ3) is 2.67. The predicted octanol–water partition coefficient (Wildman–Crippen LogP) is 2.83. The van der Waals surface area contributed by atoms with E-state index >= 15 is 0 Å². The predicted molar refractivity (Wildman–Crippen MR) is 98.8 cm³/mol. The fraction of sp³-hybridized carbons (Fsp3) is 0.611. The van der Waals surface area contributed by atoms with Gasteiger partial charge in [-0.15, -0.1) is 0 Å². The van der Waals surface area contributed by atoms with E-state index in [-0.39, 0.29) is 17.0 Å². The number of Topliss-reactive ketones (excluding diaryl/α,β-unsaturated/α-hetero) is 2. The quantitative estimate of drug-likeness (QED) is 0.377. The van der Waals surface area contributed by atoms with Gasteiger partial charge in [-0.25, -0.2) is 0 Å². The van der Waals surface area contributed by atoms with E-state index in [4.69, 9.17) is 21.1 Å². The SMILES string of the molecule is CCCC(=O)O[C@@]1(C)C(=O)C2=CN(C)[C@]3(CCCO3)[C@H](Br)C2=C(Cl)C1=O. The molecular formula is C18H21BrClNO5. The smallest absolute Gasteiger partial charge is 0.307 e. The summed E-state index contributed by atoms with van der Waals surface area (Å²) in [5.41, 5.74) is -1.95. The third-order valence-electron chi connectivity index (χ3n) is 5.21. The van der Waals surface area contributed by atoms with Crippen LogP contribution < -0.4 is 0 Å². The molecule has 3 rings (SSSR count). The number of carbonyl (C=O) groups excluding carboxylic acids is 3. The van der Waals surface area contributed by atoms with Crippen molar-refractivity contribution in [2.45, 2.75) is 55.7 Å². The van der Waals surface area contributed by atoms with Crippen LogP contribution in [-0.2, 0) is 23.9 Å². The summed E-state index contributed by atoms with van der Waals surface area (Å²) in [4.78, 5) is 39.4. The number of alkyl halides is 1. The van der Waals surface area contributed by atoms with Gasteiger partial charge in [0.25, 0.3) is 0 Å². The summed E-state index contributed by atoms with van der Waals surface area (Å²) in [6, 6.07) is 0. The van der Waals surface area contributed by atoms with Crippen molar-refractivity contribution in [1.82, 2.24) is 4.90 Å². The molecule has 0 saturated carbocycles. The Morgan fingerprint density at radius 2 is 2.15 bits per heavy atom. The number of esters is 1. The van der Waals surface area contributed by atoms with E-state index in [1.165, 1.54) is 6.92 Å². The number of hydrogen-bond donors (Lipinski definition) is 0. The average Bonchev–Trinajstić information content (AvgIpc) is 3.08. The lowest BCUT2D eigenvalue weighted by atomic mass is 9.76. The lowest BCUT2D eigenvalue weighted by Gasteiger charge is -2.48. The Labute approximate surface area is 165 Å². The minimum atomic E-state index is -1.94. The highest BCUT2D eigenvalue weighted by atomic mass is 79.9. The fourth-order valence-corrected chi connectivity index (χ4v) is 5.40. The molecule has 0 amide bonds. The summed E-state index contributed by atoms with van der Waals surface area (Å²) in [6.45, 7) is 3.72. The number of hydrogen-bond acceptors (Lipinski definition) is 6. The Hall–Kier alpha value is -1.18. The maximum atomic E-state index is 13.1. The highest BCUT2D eigenvalue weighted by molar-refractivity contribution is 9.09. The molecule has 0 N–H and O–H groups in total. The maximum absolute atomic E-state index is 13.1. The van der Waals surface area contributed by atoms with E-state index in [1.807, 2.05) is 18.9 Å². The number of ketones is 2. The van der Waals surface area contributed by atoms with Gasteiger partial charge in [0.1, 0.15) is 0 Å². The van der Waals surface area contributed by atoms with Gasteiger partial charge in [-0.05, 0) is 26.2 Å². The molecule has 0 bridgehead atoms. The van der Waals surface area contributed by atoms with Crippen LogP contribution in [0.1, 0.15) is 39.5 Å². The molecule has 8 heteroatoms. The summed E-state index contributed by atoms with van der Waals surface area (Å²) in [6.07, 6.45) is 3.93. The molecule has 0 aromatic heterocycles. The zero-order valence-corrected chi connectivity index (χ0v) is 17.3. The number of nitrogens with zero attached hydrogens (tertiary/aromatic N) is 1. The number of fused-ring (bicyclic) bond motifs is 1. The van der Waals surface area contributed by atoms with Crippen molar-refractivity contribution < 1.29 is 23.9 Å². The van der Waals surface area contributed by atoms with Crippen molar-refractivity contribution in [3.8, 4) is 0 Å². The van der Waals surface area contributed by atoms with Crippen LogP contribution in [-0.4, -0.2) is 52.2 Å². The largest absolute Gasteiger partial charge is 0.442 e. The van der Waals surface area contributed by atoms with Gasteiger partial charge in [-0.1, -0.05) is 34.5 Å². The zero-order valence-electron chi connectivity index (χ0n) is 14.9. The number of rotatable bonds is 3. The van der Waals surface area contributed by atoms with E-state index in [0.717, 1.165) is 12.8 Å². The summed E-state index contributed by atoms with van der Waals surface area (Å²) >= 11 is 10.00. The maximum Gasteiger partial charge on any atom is 0.307 e. The Bertz CT molecular complexity index is 740. The molecule has 3 aliphatic rings. The molecule has 0 unspecified atom stereocenters. The van der Waals surface area contributed by atoms with Crippen molar-refractivity contribution in [3.05, 3.63) is 22.4 Å². The van der Waals surface area contributed by atoms with Crippen LogP contribution in [0.5, 0.6) is 0 Å². The van der Waals surface area contributed by atoms with Gasteiger partial charge in [0.05, 0.1) is 9.86 Å². The fourth-order valence-electron chi connectivity index (χ4n) is 3.72. The van der Waals surface area contributed by atoms with Gasteiger partial charge < -0.3 is 14.4 Å². The third-order valence-corrected chi connectivity index (χ3v) is 6.76. The standard InChI is InChI=1S/C18H21BrClNO5/c1-4-6-11(22)26-17(2)15(23)10-9-21(3)18(7-5-8-25-18)14(19)12(10)13(20)16(17)24/h9,14H,4-8H2,1-3H3/t14-,17+,18+/m1/s1. The second kappa shape index (κ2) is 6.77. The summed E-state index contributed by atoms with van der Waals surface area (Å²) < 4.78 is 11.2. The summed E-state index contributed by atoms with van der Waals surface area (Å²) in [5, 5.41) is -0.0903. The molecule has 6 nitrogen and oxygen atoms in total. The van der Waals surface area contributed by atoms with Gasteiger partial charge in [0, 0.05) is 37.4 Å². The van der Waals surface area contributed by atoms with Crippen LogP contribution in [0.3, 0.4) is 0 Å². The Morgan fingerprint density at radius 1 is 1.46 bits per heavy atom. The lowest BCUT2D eigenvalue weighted by Crippen LogP contribution is -2.59. The first-order chi connectivity index (χ1) is 12.2. The molecule has 142 valence electrons. The number of halogens is 2. The van der Waals surface area contributed by atoms with Gasteiger partial charge in [0.15, 0.2) is 5.72 Å². The minimum Gasteiger partial charge on any atom is -0.442 e. The molecule has 1 spiro atoms. The van der Waals surface area contributed by atoms with Crippen molar-refractivity contribution in [1.29, 1.82) is 0 Å². The van der Waals surface area contributed by atoms with Gasteiger partial charge >= 0.3 is 5.97 Å². The van der Waals surface area contributed by atoms with E-state index < -0.39 is 33.7 Å². The topological polar surface area (TPSA) is 72.9 Å². The van der Waals surface area contributed by atoms with E-state index in [0.29, 0.717) is 18.6 Å². The van der Waals surface area contributed by atoms with E-state index in [9.17, 15) is 14.4 Å². The molecule has 1 fully saturated rings. The Morgan fingerprint density at radius 3 is 2.73 bits per heavy atom. The van der Waals surface area contributed by atoms with Crippen molar-refractivity contribution >= 4 is 45.1 Å². The molecule has 26 heavy (non-hydrogen) atoms. The van der Waals surface area contributed by atoms with Crippen LogP contribution in [0, 0.1) is 0 Å². The van der Waals surface area contributed by atoms with Crippen LogP contribution in [0.2, 0.25) is 0 Å². The second-order valence-corrected chi connectivity index (χ2v) is 8.25. The minimum absolute atomic E-state index is 0.0903. The van der Waals surface area contributed by atoms with Crippen molar-refractivity contribution in [3.63, 3.8) is 0 Å². The molecule has 0 radical (unpaired) electrons. The monoisotopic (exact) mass is 445 g/mol. The first kappa shape index (κ1) is 19.6. The molecule has 2 aliphatic heterocycles. The average molecular weight is 447 g/mol. The van der Waals surface area contributed by atoms with Crippen molar-refractivity contribution in [2.75, 3.05) is 13.7 Å². The first-order valence-electron chi connectivity index (χ1n) is 8.63. The highest BCUT2D eigenvalue weighted by Gasteiger charge is 2.58. The Balaban J connectivity index is 2.08. The van der Waals surface area contributed by atoms with Gasteiger partial charge in [-0.3, -0.25) is 14.4 Å². The first-order valence-corrected chi connectivity index (χ1v) is 9.92. The van der Waals surface area contributed by atoms with Crippen LogP contribution in [0.15, 0.2) is 22.4 Å². The summed E-state index contributed by atoms with van der Waals surface area (Å²) in [7, 11) is 1.82. The van der Waals surface area contributed by atoms with Gasteiger partial charge in [-0.2, -0.15) is 0 Å². The molecular weight excluding hydrogens is 426 g/mol. The second-order valence-electron chi connectivity index (χ2n) is 6.96. The normalized spacial score (nSPS) is 34.3. The Kier molecular flexibility index (Phi) is 5.09. The van der Waals surface area contributed by atoms with Crippen LogP contribution >= 0.6 is 27.5 Å². The van der Waals surface area contributed by atoms with Crippen LogP contribution in [0.25, 0.3) is 0 Å². The molecule has 2 heterocycles. The zero-order chi connectivity index (χ0) is 19.3. The lowest BCUT2D eigenvalue weighted by molar-refractivity contribution is -0.169. The molecule has 1 aliphatic carbocycles. The number of carbonyl (C=O) groups is 3. The summed E-state index contributed by atoms with van der Waals surface area (Å²) in [5.74, 6) is -1.85. The highest BCUT2D eigenvalue weighted by Crippen LogP contribution is 2.49. The van der Waals surface area contributed by atoms with E-state index in [1.54, 1.807) is 6.20 Å². The molecule has 3 atom stereocenters. The number of ether oxygens (including phenoxy) is 2.